The molecule has 2 aromatic carbocycles. The van der Waals surface area contributed by atoms with Gasteiger partial charge in [0.15, 0.2) is 18.1 Å². The van der Waals surface area contributed by atoms with Gasteiger partial charge in [-0.15, -0.1) is 6.42 Å². The van der Waals surface area contributed by atoms with E-state index < -0.39 is 5.97 Å². The molecule has 0 heterocycles. The number of carbonyl (C=O) groups is 1. The summed E-state index contributed by atoms with van der Waals surface area (Å²) < 4.78 is 18.3. The van der Waals surface area contributed by atoms with Crippen molar-refractivity contribution in [3.63, 3.8) is 0 Å². The van der Waals surface area contributed by atoms with Gasteiger partial charge in [0.1, 0.15) is 6.61 Å². The van der Waals surface area contributed by atoms with Crippen molar-refractivity contribution in [2.75, 3.05) is 13.2 Å². The molecule has 4 nitrogen and oxygen atoms in total. The number of halogens is 2. The molecule has 0 saturated carbocycles. The van der Waals surface area contributed by atoms with Crippen LogP contribution in [0.2, 0.25) is 0 Å². The second kappa shape index (κ2) is 9.68. The maximum absolute atomic E-state index is 12.0. The van der Waals surface area contributed by atoms with Crippen LogP contribution in [0.25, 0.3) is 0 Å². The zero-order valence-electron chi connectivity index (χ0n) is 13.6. The van der Waals surface area contributed by atoms with Gasteiger partial charge in [-0.05, 0) is 59.3 Å². The maximum Gasteiger partial charge on any atom is 0.339 e. The van der Waals surface area contributed by atoms with E-state index in [4.69, 9.17) is 20.6 Å². The van der Waals surface area contributed by atoms with Crippen molar-refractivity contribution < 1.29 is 19.0 Å². The Kier molecular flexibility index (Phi) is 7.59. The molecule has 0 bridgehead atoms. The third-order valence-electron chi connectivity index (χ3n) is 3.10. The summed E-state index contributed by atoms with van der Waals surface area (Å²) >= 11 is 5.55. The Morgan fingerprint density at radius 2 is 2.08 bits per heavy atom. The summed E-state index contributed by atoms with van der Waals surface area (Å²) in [5.74, 6) is 2.87. The molecule has 6 heteroatoms. The lowest BCUT2D eigenvalue weighted by molar-refractivity contribution is 0.0556. The summed E-state index contributed by atoms with van der Waals surface area (Å²) in [4.78, 5) is 12.0. The van der Waals surface area contributed by atoms with E-state index >= 15 is 0 Å². The van der Waals surface area contributed by atoms with Crippen molar-refractivity contribution in [1.82, 2.24) is 0 Å². The van der Waals surface area contributed by atoms with Crippen LogP contribution in [0, 0.1) is 15.9 Å². The summed E-state index contributed by atoms with van der Waals surface area (Å²) in [6.07, 6.45) is 5.12. The van der Waals surface area contributed by atoms with Crippen LogP contribution >= 0.6 is 38.5 Å². The molecule has 2 aromatic rings. The Morgan fingerprint density at radius 3 is 2.76 bits per heavy atom. The van der Waals surface area contributed by atoms with Crippen LogP contribution in [0.15, 0.2) is 40.9 Å². The van der Waals surface area contributed by atoms with Crippen molar-refractivity contribution in [1.29, 1.82) is 0 Å². The Balaban J connectivity index is 2.24. The molecule has 0 saturated heterocycles. The molecule has 0 N–H and O–H groups in total. The molecule has 2 rings (SSSR count). The van der Waals surface area contributed by atoms with Crippen molar-refractivity contribution in [2.45, 2.75) is 13.5 Å². The Morgan fingerprint density at radius 1 is 1.28 bits per heavy atom. The normalized spacial score (nSPS) is 10.0. The highest BCUT2D eigenvalue weighted by Gasteiger charge is 2.17. The summed E-state index contributed by atoms with van der Waals surface area (Å²) in [7, 11) is 0. The first-order valence-corrected chi connectivity index (χ1v) is 9.36. The lowest BCUT2D eigenvalue weighted by Crippen LogP contribution is -2.08. The molecule has 0 aliphatic carbocycles. The molecule has 0 fully saturated rings. The fraction of sp³-hybridized carbons (Fsp3) is 0.211. The van der Waals surface area contributed by atoms with E-state index in [1.54, 1.807) is 12.1 Å². The highest BCUT2D eigenvalue weighted by atomic mass is 127. The van der Waals surface area contributed by atoms with Gasteiger partial charge in [-0.25, -0.2) is 4.79 Å². The van der Waals surface area contributed by atoms with E-state index in [-0.39, 0.29) is 6.61 Å². The summed E-state index contributed by atoms with van der Waals surface area (Å²) in [6, 6.07) is 11.2. The number of rotatable bonds is 7. The molecular weight excluding hydrogens is 499 g/mol. The van der Waals surface area contributed by atoms with Crippen molar-refractivity contribution >= 4 is 44.5 Å². The minimum Gasteiger partial charge on any atom is -0.490 e. The van der Waals surface area contributed by atoms with E-state index in [9.17, 15) is 4.79 Å². The molecular formula is C19H16BrIO4. The van der Waals surface area contributed by atoms with Gasteiger partial charge < -0.3 is 14.2 Å². The molecule has 0 amide bonds. The van der Waals surface area contributed by atoms with Crippen LogP contribution in [-0.4, -0.2) is 19.2 Å². The quantitative estimate of drug-likeness (QED) is 0.302. The van der Waals surface area contributed by atoms with Gasteiger partial charge in [-0.3, -0.25) is 0 Å². The van der Waals surface area contributed by atoms with Gasteiger partial charge in [0.2, 0.25) is 0 Å². The van der Waals surface area contributed by atoms with Crippen molar-refractivity contribution in [3.05, 3.63) is 55.6 Å². The summed E-state index contributed by atoms with van der Waals surface area (Å²) in [5, 5.41) is 0. The lowest BCUT2D eigenvalue weighted by Gasteiger charge is -2.15. The molecule has 0 aliphatic heterocycles. The zero-order valence-corrected chi connectivity index (χ0v) is 17.3. The minimum absolute atomic E-state index is 0.0689. The van der Waals surface area contributed by atoms with E-state index in [2.05, 4.69) is 44.4 Å². The molecule has 0 unspecified atom stereocenters. The van der Waals surface area contributed by atoms with E-state index in [0.29, 0.717) is 30.3 Å². The molecule has 0 radical (unpaired) electrons. The van der Waals surface area contributed by atoms with Crippen LogP contribution in [0.3, 0.4) is 0 Å². The van der Waals surface area contributed by atoms with E-state index in [1.165, 1.54) is 0 Å². The average Bonchev–Trinajstić information content (AvgIpc) is 2.59. The number of ether oxygens (including phenoxy) is 3. The number of terminal acetylenes is 1. The third kappa shape index (κ3) is 5.65. The van der Waals surface area contributed by atoms with E-state index in [0.717, 1.165) is 13.6 Å². The number of esters is 1. The molecule has 25 heavy (non-hydrogen) atoms. The van der Waals surface area contributed by atoms with E-state index in [1.807, 2.05) is 31.2 Å². The number of hydrogen-bond acceptors (Lipinski definition) is 4. The first kappa shape index (κ1) is 19.6. The average molecular weight is 515 g/mol. The predicted octanol–water partition coefficient (Wildman–Crippen LogP) is 4.82. The third-order valence-corrected chi connectivity index (χ3v) is 4.40. The van der Waals surface area contributed by atoms with Gasteiger partial charge in [0.25, 0.3) is 0 Å². The second-order valence-electron chi connectivity index (χ2n) is 4.92. The van der Waals surface area contributed by atoms with Gasteiger partial charge in [0.05, 0.1) is 15.7 Å². The topological polar surface area (TPSA) is 44.8 Å². The molecule has 0 aromatic heterocycles. The predicted molar refractivity (Wildman–Crippen MR) is 108 cm³/mol. The second-order valence-corrected chi connectivity index (χ2v) is 7.00. The van der Waals surface area contributed by atoms with Crippen LogP contribution in [0.5, 0.6) is 11.5 Å². The number of hydrogen-bond donors (Lipinski definition) is 0. The van der Waals surface area contributed by atoms with Crippen molar-refractivity contribution in [3.8, 4) is 23.8 Å². The highest BCUT2D eigenvalue weighted by Crippen LogP contribution is 2.35. The lowest BCUT2D eigenvalue weighted by atomic mass is 10.2. The minimum atomic E-state index is -0.490. The van der Waals surface area contributed by atoms with Crippen LogP contribution in [0.4, 0.5) is 0 Å². The Labute approximate surface area is 169 Å². The van der Waals surface area contributed by atoms with Gasteiger partial charge in [-0.1, -0.05) is 34.0 Å². The molecule has 0 spiro atoms. The summed E-state index contributed by atoms with van der Waals surface area (Å²) in [6.45, 7) is 2.64. The largest absolute Gasteiger partial charge is 0.490 e. The zero-order chi connectivity index (χ0) is 18.2. The monoisotopic (exact) mass is 514 g/mol. The van der Waals surface area contributed by atoms with Crippen molar-refractivity contribution in [2.24, 2.45) is 0 Å². The Bertz CT molecular complexity index is 798. The molecule has 0 aliphatic rings. The fourth-order valence-electron chi connectivity index (χ4n) is 2.06. The fourth-order valence-corrected chi connectivity index (χ4v) is 3.27. The smallest absolute Gasteiger partial charge is 0.339 e. The number of benzene rings is 2. The van der Waals surface area contributed by atoms with Crippen LogP contribution in [0.1, 0.15) is 22.8 Å². The standard InChI is InChI=1S/C19H16BrIO4/c1-3-8-24-19(22)14-10-16(21)18(17(11-14)23-4-2)25-12-13-6-5-7-15(20)9-13/h1,5-7,9-11H,4,8,12H2,2H3. The highest BCUT2D eigenvalue weighted by molar-refractivity contribution is 14.1. The van der Waals surface area contributed by atoms with Gasteiger partial charge in [0, 0.05) is 4.47 Å². The maximum atomic E-state index is 12.0. The first-order chi connectivity index (χ1) is 12.0. The van der Waals surface area contributed by atoms with Crippen LogP contribution in [-0.2, 0) is 11.3 Å². The molecule has 130 valence electrons. The SMILES string of the molecule is C#CCOC(=O)c1cc(I)c(OCc2cccc(Br)c2)c(OCC)c1. The van der Waals surface area contributed by atoms with Crippen LogP contribution < -0.4 is 9.47 Å². The first-order valence-electron chi connectivity index (χ1n) is 7.49. The van der Waals surface area contributed by atoms with Gasteiger partial charge >= 0.3 is 5.97 Å². The Hall–Kier alpha value is -1.72. The molecule has 0 atom stereocenters. The number of carbonyl (C=O) groups excluding carboxylic acids is 1. The van der Waals surface area contributed by atoms with Gasteiger partial charge in [-0.2, -0.15) is 0 Å². The summed E-state index contributed by atoms with van der Waals surface area (Å²) in [5.41, 5.74) is 1.39.